The van der Waals surface area contributed by atoms with Gasteiger partial charge in [-0.3, -0.25) is 9.69 Å². The Hall–Kier alpha value is -1.83. The van der Waals surface area contributed by atoms with Crippen molar-refractivity contribution >= 4 is 17.2 Å². The molecule has 0 radical (unpaired) electrons. The zero-order valence-electron chi connectivity index (χ0n) is 16.0. The van der Waals surface area contributed by atoms with Crippen LogP contribution in [-0.4, -0.2) is 48.6 Å². The summed E-state index contributed by atoms with van der Waals surface area (Å²) in [6.07, 6.45) is 5.43. The van der Waals surface area contributed by atoms with Gasteiger partial charge < -0.3 is 10.1 Å². The van der Waals surface area contributed by atoms with Crippen LogP contribution in [0.1, 0.15) is 40.0 Å². The van der Waals surface area contributed by atoms with Gasteiger partial charge in [-0.05, 0) is 43.4 Å². The maximum atomic E-state index is 13.8. The number of halogens is 1. The second-order valence-electron chi connectivity index (χ2n) is 7.33. The first-order chi connectivity index (χ1) is 13.7. The molecule has 2 heterocycles. The van der Waals surface area contributed by atoms with E-state index < -0.39 is 6.04 Å². The molecule has 150 valence electrons. The first kappa shape index (κ1) is 19.5. The van der Waals surface area contributed by atoms with Crippen molar-refractivity contribution in [2.75, 3.05) is 32.8 Å². The van der Waals surface area contributed by atoms with Gasteiger partial charge in [0.05, 0.1) is 23.9 Å². The predicted octanol–water partition coefficient (Wildman–Crippen LogP) is 2.89. The Labute approximate surface area is 168 Å². The van der Waals surface area contributed by atoms with Crippen molar-refractivity contribution in [1.29, 1.82) is 0 Å². The molecule has 2 aromatic rings. The minimum atomic E-state index is -0.496. The standard InChI is InChI=1S/C21H26FN3O2S/c22-16-5-3-4-15(14-16)20(25-10-12-27-13-11-25)21(26)23-9-8-19-24-17-6-1-2-7-18(17)28-19/h3-5,14,20H,1-2,6-13H2,(H,23,26). The number of morpholine rings is 1. The van der Waals surface area contributed by atoms with Gasteiger partial charge in [0.2, 0.25) is 5.91 Å². The van der Waals surface area contributed by atoms with Crippen LogP contribution in [0.15, 0.2) is 24.3 Å². The molecule has 5 nitrogen and oxygen atoms in total. The number of hydrogen-bond donors (Lipinski definition) is 1. The molecule has 28 heavy (non-hydrogen) atoms. The molecular formula is C21H26FN3O2S. The first-order valence-electron chi connectivity index (χ1n) is 10.0. The molecule has 1 aliphatic carbocycles. The van der Waals surface area contributed by atoms with Gasteiger partial charge in [0.25, 0.3) is 0 Å². The highest BCUT2D eigenvalue weighted by Gasteiger charge is 2.29. The SMILES string of the molecule is O=C(NCCc1nc2c(s1)CCCC2)C(c1cccc(F)c1)N1CCOCC1. The molecular weight excluding hydrogens is 377 g/mol. The summed E-state index contributed by atoms with van der Waals surface area (Å²) in [7, 11) is 0. The molecule has 1 amide bonds. The highest BCUT2D eigenvalue weighted by atomic mass is 32.1. The van der Waals surface area contributed by atoms with Gasteiger partial charge >= 0.3 is 0 Å². The fourth-order valence-corrected chi connectivity index (χ4v) is 5.10. The van der Waals surface area contributed by atoms with Crippen molar-refractivity contribution in [3.8, 4) is 0 Å². The Morgan fingerprint density at radius 2 is 2.11 bits per heavy atom. The van der Waals surface area contributed by atoms with Crippen molar-refractivity contribution in [3.05, 3.63) is 51.2 Å². The Morgan fingerprint density at radius 3 is 2.89 bits per heavy atom. The van der Waals surface area contributed by atoms with E-state index in [1.165, 1.54) is 35.5 Å². The van der Waals surface area contributed by atoms with E-state index in [1.807, 2.05) is 6.07 Å². The highest BCUT2D eigenvalue weighted by Crippen LogP contribution is 2.27. The van der Waals surface area contributed by atoms with Gasteiger partial charge in [0.1, 0.15) is 11.9 Å². The summed E-state index contributed by atoms with van der Waals surface area (Å²) >= 11 is 1.78. The number of benzene rings is 1. The average Bonchev–Trinajstić information content (AvgIpc) is 3.12. The van der Waals surface area contributed by atoms with Gasteiger partial charge in [0, 0.05) is 30.9 Å². The monoisotopic (exact) mass is 403 g/mol. The molecule has 1 aromatic carbocycles. The van der Waals surface area contributed by atoms with Crippen LogP contribution in [0, 0.1) is 5.82 Å². The quantitative estimate of drug-likeness (QED) is 0.806. The number of aryl methyl sites for hydroxylation is 2. The highest BCUT2D eigenvalue weighted by molar-refractivity contribution is 7.11. The molecule has 1 N–H and O–H groups in total. The van der Waals surface area contributed by atoms with Crippen LogP contribution < -0.4 is 5.32 Å². The Kier molecular flexibility index (Phi) is 6.34. The van der Waals surface area contributed by atoms with Crippen molar-refractivity contribution in [2.24, 2.45) is 0 Å². The van der Waals surface area contributed by atoms with Gasteiger partial charge in [-0.1, -0.05) is 12.1 Å². The molecule has 1 atom stereocenters. The summed E-state index contributed by atoms with van der Waals surface area (Å²) in [5.41, 5.74) is 1.94. The van der Waals surface area contributed by atoms with E-state index in [2.05, 4.69) is 10.2 Å². The van der Waals surface area contributed by atoms with E-state index in [4.69, 9.17) is 9.72 Å². The van der Waals surface area contributed by atoms with Gasteiger partial charge in [-0.2, -0.15) is 0 Å². The number of amides is 1. The molecule has 1 saturated heterocycles. The van der Waals surface area contributed by atoms with Crippen LogP contribution in [0.25, 0.3) is 0 Å². The molecule has 1 aliphatic heterocycles. The van der Waals surface area contributed by atoms with Crippen LogP contribution >= 0.6 is 11.3 Å². The number of nitrogens with zero attached hydrogens (tertiary/aromatic N) is 2. The lowest BCUT2D eigenvalue weighted by Crippen LogP contribution is -2.46. The molecule has 0 spiro atoms. The maximum Gasteiger partial charge on any atom is 0.241 e. The minimum Gasteiger partial charge on any atom is -0.379 e. The van der Waals surface area contributed by atoms with Gasteiger partial charge in [0.15, 0.2) is 0 Å². The third-order valence-electron chi connectivity index (χ3n) is 5.35. The van der Waals surface area contributed by atoms with Crippen molar-refractivity contribution in [1.82, 2.24) is 15.2 Å². The van der Waals surface area contributed by atoms with Crippen molar-refractivity contribution in [2.45, 2.75) is 38.1 Å². The van der Waals surface area contributed by atoms with E-state index in [-0.39, 0.29) is 11.7 Å². The van der Waals surface area contributed by atoms with Crippen LogP contribution in [0.5, 0.6) is 0 Å². The molecule has 1 fully saturated rings. The number of ether oxygens (including phenoxy) is 1. The summed E-state index contributed by atoms with van der Waals surface area (Å²) in [6, 6.07) is 5.84. The second kappa shape index (κ2) is 9.11. The van der Waals surface area contributed by atoms with Crippen LogP contribution in [0.3, 0.4) is 0 Å². The predicted molar refractivity (Wildman–Crippen MR) is 107 cm³/mol. The summed E-state index contributed by atoms with van der Waals surface area (Å²) in [4.78, 5) is 21.2. The summed E-state index contributed by atoms with van der Waals surface area (Å²) in [5.74, 6) is -0.411. The van der Waals surface area contributed by atoms with E-state index in [1.54, 1.807) is 17.4 Å². The molecule has 7 heteroatoms. The second-order valence-corrected chi connectivity index (χ2v) is 8.50. The number of aromatic nitrogens is 1. The molecule has 4 rings (SSSR count). The van der Waals surface area contributed by atoms with E-state index in [0.717, 1.165) is 24.3 Å². The number of rotatable bonds is 6. The Balaban J connectivity index is 1.41. The normalized spacial score (nSPS) is 18.5. The summed E-state index contributed by atoms with van der Waals surface area (Å²) < 4.78 is 19.2. The Bertz CT molecular complexity index is 796. The fraction of sp³-hybridized carbons (Fsp3) is 0.524. The molecule has 1 unspecified atom stereocenters. The smallest absolute Gasteiger partial charge is 0.241 e. The van der Waals surface area contributed by atoms with Crippen molar-refractivity contribution in [3.63, 3.8) is 0 Å². The lowest BCUT2D eigenvalue weighted by atomic mass is 10.0. The van der Waals surface area contributed by atoms with Crippen LogP contribution in [0.2, 0.25) is 0 Å². The first-order valence-corrected chi connectivity index (χ1v) is 10.8. The number of carbonyl (C=O) groups excluding carboxylic acids is 1. The minimum absolute atomic E-state index is 0.0891. The zero-order chi connectivity index (χ0) is 19.3. The number of carbonyl (C=O) groups is 1. The third-order valence-corrected chi connectivity index (χ3v) is 6.57. The van der Waals surface area contributed by atoms with E-state index >= 15 is 0 Å². The molecule has 1 aromatic heterocycles. The van der Waals surface area contributed by atoms with Crippen molar-refractivity contribution < 1.29 is 13.9 Å². The number of nitrogens with one attached hydrogen (secondary N) is 1. The molecule has 2 aliphatic rings. The van der Waals surface area contributed by atoms with Crippen LogP contribution in [0.4, 0.5) is 4.39 Å². The van der Waals surface area contributed by atoms with Crippen LogP contribution in [-0.2, 0) is 28.8 Å². The van der Waals surface area contributed by atoms with Gasteiger partial charge in [-0.25, -0.2) is 9.37 Å². The van der Waals surface area contributed by atoms with E-state index in [0.29, 0.717) is 38.4 Å². The average molecular weight is 404 g/mol. The van der Waals surface area contributed by atoms with Gasteiger partial charge in [-0.15, -0.1) is 11.3 Å². The molecule has 0 bridgehead atoms. The van der Waals surface area contributed by atoms with E-state index in [9.17, 15) is 9.18 Å². The topological polar surface area (TPSA) is 54.5 Å². The summed E-state index contributed by atoms with van der Waals surface area (Å²) in [6.45, 7) is 3.04. The number of fused-ring (bicyclic) bond motifs is 1. The third kappa shape index (κ3) is 4.59. The fourth-order valence-electron chi connectivity index (χ4n) is 3.94. The number of thiazole rings is 1. The number of hydrogen-bond acceptors (Lipinski definition) is 5. The lowest BCUT2D eigenvalue weighted by molar-refractivity contribution is -0.128. The maximum absolute atomic E-state index is 13.8. The Morgan fingerprint density at radius 1 is 1.29 bits per heavy atom. The zero-order valence-corrected chi connectivity index (χ0v) is 16.8. The lowest BCUT2D eigenvalue weighted by Gasteiger charge is -2.33. The largest absolute Gasteiger partial charge is 0.379 e. The summed E-state index contributed by atoms with van der Waals surface area (Å²) in [5, 5.41) is 4.15. The molecule has 0 saturated carbocycles.